The van der Waals surface area contributed by atoms with Gasteiger partial charge in [-0.1, -0.05) is 0 Å². The van der Waals surface area contributed by atoms with Crippen molar-refractivity contribution < 1.29 is 14.6 Å². The molecule has 6 heteroatoms. The lowest BCUT2D eigenvalue weighted by Gasteiger charge is -2.18. The first-order chi connectivity index (χ1) is 10.9. The van der Waals surface area contributed by atoms with Gasteiger partial charge in [0, 0.05) is 41.9 Å². The molecule has 1 aliphatic rings. The second kappa shape index (κ2) is 5.77. The smallest absolute Gasteiger partial charge is 0.309 e. The predicted octanol–water partition coefficient (Wildman–Crippen LogP) is 2.86. The maximum Gasteiger partial charge on any atom is 0.309 e. The molecule has 0 aliphatic carbocycles. The van der Waals surface area contributed by atoms with Crippen molar-refractivity contribution in [3.8, 4) is 11.1 Å². The third-order valence-electron chi connectivity index (χ3n) is 4.10. The molecular formula is C17H21N3O3. The molecule has 122 valence electrons. The van der Waals surface area contributed by atoms with E-state index in [0.717, 1.165) is 16.7 Å². The first-order valence-electron chi connectivity index (χ1n) is 7.71. The molecule has 3 rings (SSSR count). The lowest BCUT2D eigenvalue weighted by molar-refractivity contribution is -0.143. The highest BCUT2D eigenvalue weighted by molar-refractivity contribution is 5.71. The normalized spacial score (nSPS) is 21.5. The lowest BCUT2D eigenvalue weighted by atomic mass is 9.95. The topological polar surface area (TPSA) is 77.2 Å². The summed E-state index contributed by atoms with van der Waals surface area (Å²) in [5.41, 5.74) is 2.58. The molecule has 0 radical (unpaired) electrons. The lowest BCUT2D eigenvalue weighted by Crippen LogP contribution is -2.21. The second-order valence-electron chi connectivity index (χ2n) is 6.88. The van der Waals surface area contributed by atoms with Crippen LogP contribution in [0.15, 0.2) is 30.9 Å². The SMILES string of the molecule is CC(C)(C)n1cc(-c2cncc([C@@H]3OCC[C@H]3C(=O)O)c2)cn1. The molecule has 23 heavy (non-hydrogen) atoms. The van der Waals surface area contributed by atoms with Crippen LogP contribution in [0.25, 0.3) is 11.1 Å². The van der Waals surface area contributed by atoms with Crippen molar-refractivity contribution >= 4 is 5.97 Å². The molecule has 0 spiro atoms. The van der Waals surface area contributed by atoms with Crippen LogP contribution in [0, 0.1) is 5.92 Å². The Morgan fingerprint density at radius 3 is 2.74 bits per heavy atom. The van der Waals surface area contributed by atoms with Gasteiger partial charge in [-0.15, -0.1) is 0 Å². The van der Waals surface area contributed by atoms with Gasteiger partial charge in [0.1, 0.15) is 0 Å². The first kappa shape index (κ1) is 15.7. The van der Waals surface area contributed by atoms with Crippen LogP contribution >= 0.6 is 0 Å². The minimum Gasteiger partial charge on any atom is -0.481 e. The Kier molecular flexibility index (Phi) is 3.93. The van der Waals surface area contributed by atoms with Gasteiger partial charge >= 0.3 is 5.97 Å². The highest BCUT2D eigenvalue weighted by Crippen LogP contribution is 2.35. The third kappa shape index (κ3) is 3.12. The molecule has 2 aromatic heterocycles. The molecule has 3 heterocycles. The summed E-state index contributed by atoms with van der Waals surface area (Å²) in [6.45, 7) is 6.72. The summed E-state index contributed by atoms with van der Waals surface area (Å²) in [4.78, 5) is 15.6. The van der Waals surface area contributed by atoms with E-state index in [4.69, 9.17) is 4.74 Å². The van der Waals surface area contributed by atoms with E-state index in [1.165, 1.54) is 0 Å². The van der Waals surface area contributed by atoms with E-state index in [0.29, 0.717) is 13.0 Å². The quantitative estimate of drug-likeness (QED) is 0.942. The monoisotopic (exact) mass is 315 g/mol. The van der Waals surface area contributed by atoms with Crippen LogP contribution in [0.5, 0.6) is 0 Å². The molecule has 0 aromatic carbocycles. The number of carboxylic acids is 1. The zero-order valence-corrected chi connectivity index (χ0v) is 13.6. The van der Waals surface area contributed by atoms with Gasteiger partial charge in [-0.2, -0.15) is 5.10 Å². The predicted molar refractivity (Wildman–Crippen MR) is 84.9 cm³/mol. The molecule has 0 bridgehead atoms. The van der Waals surface area contributed by atoms with Crippen LogP contribution in [0.4, 0.5) is 0 Å². The second-order valence-corrected chi connectivity index (χ2v) is 6.88. The molecule has 0 unspecified atom stereocenters. The molecule has 2 aromatic rings. The van der Waals surface area contributed by atoms with Gasteiger partial charge in [0.05, 0.1) is 23.8 Å². The van der Waals surface area contributed by atoms with Gasteiger partial charge in [0.2, 0.25) is 0 Å². The van der Waals surface area contributed by atoms with Gasteiger partial charge in [-0.05, 0) is 33.3 Å². The third-order valence-corrected chi connectivity index (χ3v) is 4.10. The Labute approximate surface area is 135 Å². The van der Waals surface area contributed by atoms with Crippen molar-refractivity contribution in [2.24, 2.45) is 5.92 Å². The fourth-order valence-corrected chi connectivity index (χ4v) is 2.78. The molecule has 1 aliphatic heterocycles. The maximum atomic E-state index is 11.3. The van der Waals surface area contributed by atoms with Crippen LogP contribution in [0.1, 0.15) is 38.9 Å². The summed E-state index contributed by atoms with van der Waals surface area (Å²) in [7, 11) is 0. The summed E-state index contributed by atoms with van der Waals surface area (Å²) in [5.74, 6) is -1.33. The molecule has 2 atom stereocenters. The van der Waals surface area contributed by atoms with Crippen molar-refractivity contribution in [1.82, 2.24) is 14.8 Å². The van der Waals surface area contributed by atoms with E-state index >= 15 is 0 Å². The van der Waals surface area contributed by atoms with Gasteiger partial charge in [-0.3, -0.25) is 14.5 Å². The largest absolute Gasteiger partial charge is 0.481 e. The number of pyridine rings is 1. The number of ether oxygens (including phenoxy) is 1. The average molecular weight is 315 g/mol. The molecule has 1 N–H and O–H groups in total. The minimum atomic E-state index is -0.821. The van der Waals surface area contributed by atoms with Gasteiger partial charge < -0.3 is 9.84 Å². The van der Waals surface area contributed by atoms with Crippen LogP contribution in [-0.4, -0.2) is 32.4 Å². The zero-order chi connectivity index (χ0) is 16.6. The molecule has 0 amide bonds. The Morgan fingerprint density at radius 2 is 2.09 bits per heavy atom. The Hall–Kier alpha value is -2.21. The highest BCUT2D eigenvalue weighted by atomic mass is 16.5. The standard InChI is InChI=1S/C17H21N3O3/c1-17(2,3)20-10-13(9-19-20)11-6-12(8-18-7-11)15-14(16(21)22)4-5-23-15/h6-10,14-15H,4-5H2,1-3H3,(H,21,22)/t14-,15+/m1/s1. The van der Waals surface area contributed by atoms with Crippen LogP contribution in [-0.2, 0) is 15.1 Å². The summed E-state index contributed by atoms with van der Waals surface area (Å²) in [5, 5.41) is 13.7. The molecule has 0 saturated carbocycles. The number of aromatic nitrogens is 3. The Bertz CT molecular complexity index is 718. The molecule has 6 nitrogen and oxygen atoms in total. The van der Waals surface area contributed by atoms with E-state index in [-0.39, 0.29) is 5.54 Å². The maximum absolute atomic E-state index is 11.3. The van der Waals surface area contributed by atoms with Gasteiger partial charge in [-0.25, -0.2) is 0 Å². The number of aliphatic carboxylic acids is 1. The number of nitrogens with zero attached hydrogens (tertiary/aromatic N) is 3. The van der Waals surface area contributed by atoms with Crippen molar-refractivity contribution in [1.29, 1.82) is 0 Å². The summed E-state index contributed by atoms with van der Waals surface area (Å²) in [6.07, 6.45) is 7.33. The van der Waals surface area contributed by atoms with E-state index in [2.05, 4.69) is 30.9 Å². The Morgan fingerprint density at radius 1 is 1.30 bits per heavy atom. The van der Waals surface area contributed by atoms with Crippen LogP contribution in [0.3, 0.4) is 0 Å². The number of hydrogen-bond donors (Lipinski definition) is 1. The summed E-state index contributed by atoms with van der Waals surface area (Å²) >= 11 is 0. The molecule has 1 saturated heterocycles. The average Bonchev–Trinajstić information content (AvgIpc) is 3.16. The Balaban J connectivity index is 1.91. The number of rotatable bonds is 3. The van der Waals surface area contributed by atoms with E-state index < -0.39 is 18.0 Å². The number of hydrogen-bond acceptors (Lipinski definition) is 4. The fourth-order valence-electron chi connectivity index (χ4n) is 2.78. The summed E-state index contributed by atoms with van der Waals surface area (Å²) in [6, 6.07) is 1.95. The van der Waals surface area contributed by atoms with Gasteiger partial charge in [0.25, 0.3) is 0 Å². The van der Waals surface area contributed by atoms with E-state index in [9.17, 15) is 9.90 Å². The zero-order valence-electron chi connectivity index (χ0n) is 13.6. The van der Waals surface area contributed by atoms with Gasteiger partial charge in [0.15, 0.2) is 0 Å². The van der Waals surface area contributed by atoms with Crippen molar-refractivity contribution in [3.63, 3.8) is 0 Å². The van der Waals surface area contributed by atoms with E-state index in [1.807, 2.05) is 16.9 Å². The van der Waals surface area contributed by atoms with Crippen molar-refractivity contribution in [3.05, 3.63) is 36.4 Å². The van der Waals surface area contributed by atoms with E-state index in [1.54, 1.807) is 18.6 Å². The van der Waals surface area contributed by atoms with Crippen molar-refractivity contribution in [2.75, 3.05) is 6.61 Å². The molecular weight excluding hydrogens is 294 g/mol. The van der Waals surface area contributed by atoms with Crippen LogP contribution < -0.4 is 0 Å². The fraction of sp³-hybridized carbons (Fsp3) is 0.471. The number of carbonyl (C=O) groups is 1. The minimum absolute atomic E-state index is 0.0910. The van der Waals surface area contributed by atoms with Crippen LogP contribution in [0.2, 0.25) is 0 Å². The number of carboxylic acid groups (broad SMARTS) is 1. The highest BCUT2D eigenvalue weighted by Gasteiger charge is 2.35. The summed E-state index contributed by atoms with van der Waals surface area (Å²) < 4.78 is 7.53. The van der Waals surface area contributed by atoms with Crippen molar-refractivity contribution in [2.45, 2.75) is 38.8 Å². The first-order valence-corrected chi connectivity index (χ1v) is 7.71. The molecule has 1 fully saturated rings.